The number of thioether (sulfide) groups is 1. The van der Waals surface area contributed by atoms with Gasteiger partial charge in [-0.3, -0.25) is 0 Å². The first kappa shape index (κ1) is 12.4. The molecule has 1 aromatic carbocycles. The van der Waals surface area contributed by atoms with Gasteiger partial charge in [-0.2, -0.15) is 11.8 Å². The molecule has 98 valence electrons. The van der Waals surface area contributed by atoms with Gasteiger partial charge in [-0.1, -0.05) is 18.2 Å². The first-order valence-corrected chi connectivity index (χ1v) is 8.13. The summed E-state index contributed by atoms with van der Waals surface area (Å²) in [5.41, 5.74) is 1.37. The van der Waals surface area contributed by atoms with Crippen molar-refractivity contribution in [3.8, 4) is 5.75 Å². The van der Waals surface area contributed by atoms with Crippen molar-refractivity contribution in [2.45, 2.75) is 37.8 Å². The lowest BCUT2D eigenvalue weighted by Crippen LogP contribution is -2.24. The third kappa shape index (κ3) is 3.01. The summed E-state index contributed by atoms with van der Waals surface area (Å²) in [5.74, 6) is 3.51. The number of nitrogens with one attached hydrogen (secondary N) is 1. The smallest absolute Gasteiger partial charge is 0.123 e. The zero-order chi connectivity index (χ0) is 12.2. The Bertz CT molecular complexity index is 347. The fourth-order valence-corrected chi connectivity index (χ4v) is 3.86. The van der Waals surface area contributed by atoms with E-state index in [2.05, 4.69) is 29.6 Å². The van der Waals surface area contributed by atoms with Crippen molar-refractivity contribution in [2.75, 3.05) is 18.1 Å². The second-order valence-electron chi connectivity index (χ2n) is 5.21. The van der Waals surface area contributed by atoms with E-state index in [-0.39, 0.29) is 0 Å². The zero-order valence-corrected chi connectivity index (χ0v) is 11.5. The summed E-state index contributed by atoms with van der Waals surface area (Å²) in [5, 5.41) is 3.57. The van der Waals surface area contributed by atoms with Crippen LogP contribution < -0.4 is 10.1 Å². The molecule has 2 heterocycles. The van der Waals surface area contributed by atoms with Gasteiger partial charge in [-0.15, -0.1) is 0 Å². The highest BCUT2D eigenvalue weighted by molar-refractivity contribution is 7.99. The van der Waals surface area contributed by atoms with Crippen LogP contribution >= 0.6 is 11.8 Å². The number of rotatable bonds is 4. The van der Waals surface area contributed by atoms with Crippen molar-refractivity contribution in [2.24, 2.45) is 0 Å². The van der Waals surface area contributed by atoms with Crippen molar-refractivity contribution >= 4 is 11.8 Å². The molecule has 1 N–H and O–H groups in total. The minimum Gasteiger partial charge on any atom is -0.489 e. The van der Waals surface area contributed by atoms with Crippen molar-refractivity contribution in [3.05, 3.63) is 29.8 Å². The van der Waals surface area contributed by atoms with Crippen LogP contribution in [-0.4, -0.2) is 30.2 Å². The van der Waals surface area contributed by atoms with Crippen LogP contribution in [0.15, 0.2) is 24.3 Å². The highest BCUT2D eigenvalue weighted by Gasteiger charge is 2.20. The van der Waals surface area contributed by atoms with E-state index in [1.54, 1.807) is 0 Å². The molecule has 3 rings (SSSR count). The van der Waals surface area contributed by atoms with Gasteiger partial charge >= 0.3 is 0 Å². The molecule has 2 aliphatic rings. The van der Waals surface area contributed by atoms with Crippen molar-refractivity contribution in [3.63, 3.8) is 0 Å². The molecule has 0 amide bonds. The number of ether oxygens (including phenoxy) is 1. The minimum atomic E-state index is 0.424. The second kappa shape index (κ2) is 5.98. The van der Waals surface area contributed by atoms with E-state index in [0.717, 1.165) is 17.9 Å². The van der Waals surface area contributed by atoms with Gasteiger partial charge < -0.3 is 10.1 Å². The Morgan fingerprint density at radius 1 is 1.28 bits per heavy atom. The first-order valence-electron chi connectivity index (χ1n) is 6.97. The number of para-hydroxylation sites is 1. The Kier molecular flexibility index (Phi) is 4.11. The van der Waals surface area contributed by atoms with Crippen LogP contribution in [0, 0.1) is 0 Å². The molecule has 0 radical (unpaired) electrons. The van der Waals surface area contributed by atoms with Gasteiger partial charge in [0.1, 0.15) is 11.9 Å². The maximum Gasteiger partial charge on any atom is 0.123 e. The van der Waals surface area contributed by atoms with E-state index in [4.69, 9.17) is 4.74 Å². The van der Waals surface area contributed by atoms with Crippen LogP contribution in [0.2, 0.25) is 0 Å². The molecule has 1 aromatic rings. The molecule has 2 atom stereocenters. The summed E-state index contributed by atoms with van der Waals surface area (Å²) in [7, 11) is 0. The minimum absolute atomic E-state index is 0.424. The summed E-state index contributed by atoms with van der Waals surface area (Å²) >= 11 is 2.00. The fraction of sp³-hybridized carbons (Fsp3) is 0.600. The molecular weight excluding hydrogens is 242 g/mol. The molecule has 3 heteroatoms. The molecule has 2 saturated heterocycles. The SMILES string of the molecule is c1ccc(OC2CCSC2)c(CC2CCCN2)c1. The summed E-state index contributed by atoms with van der Waals surface area (Å²) in [4.78, 5) is 0. The standard InChI is InChI=1S/C15H21NOS/c1-2-6-15(17-14-7-9-18-11-14)12(4-1)10-13-5-3-8-16-13/h1-2,4,6,13-14,16H,3,5,7-11H2. The monoisotopic (exact) mass is 263 g/mol. The van der Waals surface area contributed by atoms with Gasteiger partial charge in [-0.05, 0) is 49.6 Å². The van der Waals surface area contributed by atoms with Gasteiger partial charge in [0.2, 0.25) is 0 Å². The van der Waals surface area contributed by atoms with Gasteiger partial charge in [0.15, 0.2) is 0 Å². The molecule has 0 saturated carbocycles. The Hall–Kier alpha value is -0.670. The third-order valence-electron chi connectivity index (χ3n) is 3.78. The lowest BCUT2D eigenvalue weighted by Gasteiger charge is -2.18. The molecule has 0 spiro atoms. The van der Waals surface area contributed by atoms with Crippen molar-refractivity contribution in [1.82, 2.24) is 5.32 Å². The number of benzene rings is 1. The normalized spacial score (nSPS) is 27.6. The largest absolute Gasteiger partial charge is 0.489 e. The van der Waals surface area contributed by atoms with E-state index in [1.165, 1.54) is 37.1 Å². The van der Waals surface area contributed by atoms with Crippen LogP contribution in [-0.2, 0) is 6.42 Å². The Labute approximate surface area is 113 Å². The summed E-state index contributed by atoms with van der Waals surface area (Å²) in [6.07, 6.45) is 5.34. The average molecular weight is 263 g/mol. The van der Waals surface area contributed by atoms with E-state index in [9.17, 15) is 0 Å². The van der Waals surface area contributed by atoms with Crippen molar-refractivity contribution in [1.29, 1.82) is 0 Å². The van der Waals surface area contributed by atoms with E-state index >= 15 is 0 Å². The van der Waals surface area contributed by atoms with Gasteiger partial charge in [0.25, 0.3) is 0 Å². The fourth-order valence-electron chi connectivity index (χ4n) is 2.77. The van der Waals surface area contributed by atoms with Crippen LogP contribution in [0.3, 0.4) is 0 Å². The lowest BCUT2D eigenvalue weighted by atomic mass is 10.0. The van der Waals surface area contributed by atoms with Crippen LogP contribution in [0.5, 0.6) is 5.75 Å². The molecule has 0 aliphatic carbocycles. The third-order valence-corrected chi connectivity index (χ3v) is 4.91. The predicted molar refractivity (Wildman–Crippen MR) is 77.5 cm³/mol. The Morgan fingerprint density at radius 2 is 2.22 bits per heavy atom. The molecule has 0 aromatic heterocycles. The van der Waals surface area contributed by atoms with Crippen LogP contribution in [0.1, 0.15) is 24.8 Å². The highest BCUT2D eigenvalue weighted by atomic mass is 32.2. The van der Waals surface area contributed by atoms with E-state index in [1.807, 2.05) is 11.8 Å². The van der Waals surface area contributed by atoms with Gasteiger partial charge in [0, 0.05) is 11.8 Å². The summed E-state index contributed by atoms with van der Waals surface area (Å²) in [6.45, 7) is 1.17. The maximum absolute atomic E-state index is 6.17. The van der Waals surface area contributed by atoms with Crippen molar-refractivity contribution < 1.29 is 4.74 Å². The molecule has 2 fully saturated rings. The second-order valence-corrected chi connectivity index (χ2v) is 6.36. The average Bonchev–Trinajstić information content (AvgIpc) is 3.05. The first-order chi connectivity index (χ1) is 8.92. The number of hydrogen-bond donors (Lipinski definition) is 1. The van der Waals surface area contributed by atoms with E-state index < -0.39 is 0 Å². The molecular formula is C15H21NOS. The van der Waals surface area contributed by atoms with Crippen LogP contribution in [0.25, 0.3) is 0 Å². The molecule has 2 unspecified atom stereocenters. The Morgan fingerprint density at radius 3 is 3.00 bits per heavy atom. The molecule has 2 aliphatic heterocycles. The molecule has 2 nitrogen and oxygen atoms in total. The molecule has 0 bridgehead atoms. The lowest BCUT2D eigenvalue weighted by molar-refractivity contribution is 0.226. The van der Waals surface area contributed by atoms with Crippen LogP contribution in [0.4, 0.5) is 0 Å². The predicted octanol–water partition coefficient (Wildman–Crippen LogP) is 2.87. The maximum atomic E-state index is 6.17. The number of hydrogen-bond acceptors (Lipinski definition) is 3. The zero-order valence-electron chi connectivity index (χ0n) is 10.7. The van der Waals surface area contributed by atoms with Gasteiger partial charge in [-0.25, -0.2) is 0 Å². The molecule has 18 heavy (non-hydrogen) atoms. The quantitative estimate of drug-likeness (QED) is 0.902. The van der Waals surface area contributed by atoms with E-state index in [0.29, 0.717) is 12.1 Å². The topological polar surface area (TPSA) is 21.3 Å². The van der Waals surface area contributed by atoms with Gasteiger partial charge in [0.05, 0.1) is 0 Å². The Balaban J connectivity index is 1.67. The highest BCUT2D eigenvalue weighted by Crippen LogP contribution is 2.27. The summed E-state index contributed by atoms with van der Waals surface area (Å²) in [6, 6.07) is 9.21. The summed E-state index contributed by atoms with van der Waals surface area (Å²) < 4.78 is 6.17.